The van der Waals surface area contributed by atoms with Gasteiger partial charge in [0.15, 0.2) is 0 Å². The number of rotatable bonds is 4. The second kappa shape index (κ2) is 4.96. The van der Waals surface area contributed by atoms with Crippen LogP contribution in [0.5, 0.6) is 0 Å². The number of aryl methyl sites for hydroxylation is 1. The van der Waals surface area contributed by atoms with Crippen molar-refractivity contribution in [2.45, 2.75) is 45.1 Å². The van der Waals surface area contributed by atoms with Crippen LogP contribution >= 0.6 is 0 Å². The molecule has 0 aromatic heterocycles. The van der Waals surface area contributed by atoms with Crippen molar-refractivity contribution >= 4 is 0 Å². The highest BCUT2D eigenvalue weighted by atomic mass is 19.1. The van der Waals surface area contributed by atoms with Crippen molar-refractivity contribution in [2.24, 2.45) is 11.7 Å². The van der Waals surface area contributed by atoms with E-state index in [1.165, 1.54) is 25.3 Å². The van der Waals surface area contributed by atoms with E-state index in [4.69, 9.17) is 5.73 Å². The molecule has 0 aliphatic heterocycles. The van der Waals surface area contributed by atoms with Crippen LogP contribution in [0.2, 0.25) is 0 Å². The average molecular weight is 221 g/mol. The van der Waals surface area contributed by atoms with Crippen LogP contribution in [-0.2, 0) is 6.42 Å². The minimum Gasteiger partial charge on any atom is -0.327 e. The number of hydrogen-bond acceptors (Lipinski definition) is 1. The molecule has 0 amide bonds. The highest BCUT2D eigenvalue weighted by Crippen LogP contribution is 2.30. The minimum absolute atomic E-state index is 0.156. The van der Waals surface area contributed by atoms with Crippen molar-refractivity contribution in [3.8, 4) is 0 Å². The molecule has 88 valence electrons. The van der Waals surface area contributed by atoms with Gasteiger partial charge < -0.3 is 5.73 Å². The van der Waals surface area contributed by atoms with Crippen LogP contribution in [0.3, 0.4) is 0 Å². The van der Waals surface area contributed by atoms with E-state index in [9.17, 15) is 4.39 Å². The molecule has 1 aromatic carbocycles. The molecule has 0 saturated heterocycles. The molecule has 1 nitrogen and oxygen atoms in total. The zero-order chi connectivity index (χ0) is 11.5. The van der Waals surface area contributed by atoms with Gasteiger partial charge in [-0.1, -0.05) is 25.3 Å². The SMILES string of the molecule is Cc1ccc(F)cc1CC(N)CC1CCC1. The van der Waals surface area contributed by atoms with E-state index in [1.54, 1.807) is 6.07 Å². The predicted octanol–water partition coefficient (Wildman–Crippen LogP) is 3.19. The summed E-state index contributed by atoms with van der Waals surface area (Å²) in [7, 11) is 0. The molecule has 16 heavy (non-hydrogen) atoms. The summed E-state index contributed by atoms with van der Waals surface area (Å²) in [6.07, 6.45) is 5.91. The van der Waals surface area contributed by atoms with Crippen LogP contribution in [0.15, 0.2) is 18.2 Å². The van der Waals surface area contributed by atoms with E-state index < -0.39 is 0 Å². The Hall–Kier alpha value is -0.890. The molecule has 2 heteroatoms. The molecule has 0 bridgehead atoms. The summed E-state index contributed by atoms with van der Waals surface area (Å²) in [5.41, 5.74) is 8.32. The van der Waals surface area contributed by atoms with E-state index in [1.807, 2.05) is 13.0 Å². The van der Waals surface area contributed by atoms with E-state index in [0.29, 0.717) is 0 Å². The summed E-state index contributed by atoms with van der Waals surface area (Å²) in [4.78, 5) is 0. The Morgan fingerprint density at radius 3 is 2.81 bits per heavy atom. The number of benzene rings is 1. The normalized spacial score (nSPS) is 18.2. The summed E-state index contributed by atoms with van der Waals surface area (Å²) in [6.45, 7) is 2.02. The molecular weight excluding hydrogens is 201 g/mol. The minimum atomic E-state index is -0.156. The Balaban J connectivity index is 1.93. The highest BCUT2D eigenvalue weighted by Gasteiger charge is 2.20. The summed E-state index contributed by atoms with van der Waals surface area (Å²) < 4.78 is 13.1. The predicted molar refractivity (Wildman–Crippen MR) is 64.8 cm³/mol. The van der Waals surface area contributed by atoms with Crippen LogP contribution in [0.25, 0.3) is 0 Å². The highest BCUT2D eigenvalue weighted by molar-refractivity contribution is 5.27. The maximum Gasteiger partial charge on any atom is 0.123 e. The summed E-state index contributed by atoms with van der Waals surface area (Å²) in [5, 5.41) is 0. The Labute approximate surface area is 96.9 Å². The Kier molecular flexibility index (Phi) is 3.59. The van der Waals surface area contributed by atoms with Crippen molar-refractivity contribution in [2.75, 3.05) is 0 Å². The molecular formula is C14H20FN. The lowest BCUT2D eigenvalue weighted by molar-refractivity contribution is 0.275. The van der Waals surface area contributed by atoms with Crippen molar-refractivity contribution < 1.29 is 4.39 Å². The van der Waals surface area contributed by atoms with Crippen LogP contribution in [0.1, 0.15) is 36.8 Å². The standard InChI is InChI=1S/C14H20FN/c1-10-5-6-13(15)8-12(10)9-14(16)7-11-3-2-4-11/h5-6,8,11,14H,2-4,7,9,16H2,1H3. The first kappa shape index (κ1) is 11.6. The lowest BCUT2D eigenvalue weighted by atomic mass is 9.80. The van der Waals surface area contributed by atoms with Crippen LogP contribution < -0.4 is 5.73 Å². The molecule has 0 radical (unpaired) electrons. The molecule has 2 rings (SSSR count). The largest absolute Gasteiger partial charge is 0.327 e. The van der Waals surface area contributed by atoms with Gasteiger partial charge in [-0.2, -0.15) is 0 Å². The zero-order valence-corrected chi connectivity index (χ0v) is 9.88. The maximum atomic E-state index is 13.1. The zero-order valence-electron chi connectivity index (χ0n) is 9.88. The third-order valence-electron chi connectivity index (χ3n) is 3.65. The van der Waals surface area contributed by atoms with E-state index in [0.717, 1.165) is 29.9 Å². The smallest absolute Gasteiger partial charge is 0.123 e. The van der Waals surface area contributed by atoms with Crippen LogP contribution in [0, 0.1) is 18.7 Å². The van der Waals surface area contributed by atoms with Gasteiger partial charge in [0.05, 0.1) is 0 Å². The van der Waals surface area contributed by atoms with Crippen LogP contribution in [-0.4, -0.2) is 6.04 Å². The van der Waals surface area contributed by atoms with Gasteiger partial charge in [0, 0.05) is 6.04 Å². The van der Waals surface area contributed by atoms with Crippen molar-refractivity contribution in [3.63, 3.8) is 0 Å². The van der Waals surface area contributed by atoms with E-state index in [2.05, 4.69) is 0 Å². The van der Waals surface area contributed by atoms with Gasteiger partial charge in [-0.15, -0.1) is 0 Å². The number of nitrogens with two attached hydrogens (primary N) is 1. The monoisotopic (exact) mass is 221 g/mol. The first-order chi connectivity index (χ1) is 7.65. The third kappa shape index (κ3) is 2.82. The van der Waals surface area contributed by atoms with Crippen molar-refractivity contribution in [3.05, 3.63) is 35.1 Å². The van der Waals surface area contributed by atoms with Crippen LogP contribution in [0.4, 0.5) is 4.39 Å². The van der Waals surface area contributed by atoms with Gasteiger partial charge >= 0.3 is 0 Å². The molecule has 1 aromatic rings. The van der Waals surface area contributed by atoms with Gasteiger partial charge in [-0.3, -0.25) is 0 Å². The molecule has 1 saturated carbocycles. The van der Waals surface area contributed by atoms with Crippen molar-refractivity contribution in [1.29, 1.82) is 0 Å². The molecule has 1 unspecified atom stereocenters. The van der Waals surface area contributed by atoms with E-state index in [-0.39, 0.29) is 11.9 Å². The molecule has 1 fully saturated rings. The van der Waals surface area contributed by atoms with Gasteiger partial charge in [-0.25, -0.2) is 4.39 Å². The second-order valence-electron chi connectivity index (χ2n) is 5.07. The van der Waals surface area contributed by atoms with Gasteiger partial charge in [0.1, 0.15) is 5.82 Å². The molecule has 0 spiro atoms. The average Bonchev–Trinajstić information content (AvgIpc) is 2.18. The van der Waals surface area contributed by atoms with Gasteiger partial charge in [0.2, 0.25) is 0 Å². The summed E-state index contributed by atoms with van der Waals surface area (Å²) in [5.74, 6) is 0.667. The fourth-order valence-corrected chi connectivity index (χ4v) is 2.38. The number of hydrogen-bond donors (Lipinski definition) is 1. The summed E-state index contributed by atoms with van der Waals surface area (Å²) >= 11 is 0. The maximum absolute atomic E-state index is 13.1. The van der Waals surface area contributed by atoms with Crippen molar-refractivity contribution in [1.82, 2.24) is 0 Å². The Bertz CT molecular complexity index is 358. The molecule has 0 heterocycles. The Morgan fingerprint density at radius 2 is 2.19 bits per heavy atom. The second-order valence-corrected chi connectivity index (χ2v) is 5.07. The lowest BCUT2D eigenvalue weighted by Gasteiger charge is -2.28. The molecule has 2 N–H and O–H groups in total. The topological polar surface area (TPSA) is 26.0 Å². The Morgan fingerprint density at radius 1 is 1.44 bits per heavy atom. The van der Waals surface area contributed by atoms with Gasteiger partial charge in [0.25, 0.3) is 0 Å². The molecule has 1 aliphatic carbocycles. The molecule has 1 aliphatic rings. The van der Waals surface area contributed by atoms with Gasteiger partial charge in [-0.05, 0) is 48.9 Å². The first-order valence-corrected chi connectivity index (χ1v) is 6.16. The van der Waals surface area contributed by atoms with E-state index >= 15 is 0 Å². The first-order valence-electron chi connectivity index (χ1n) is 6.16. The molecule has 1 atom stereocenters. The lowest BCUT2D eigenvalue weighted by Crippen LogP contribution is -2.28. The number of halogens is 1. The third-order valence-corrected chi connectivity index (χ3v) is 3.65. The quantitative estimate of drug-likeness (QED) is 0.830. The fraction of sp³-hybridized carbons (Fsp3) is 0.571. The fourth-order valence-electron chi connectivity index (χ4n) is 2.38. The summed E-state index contributed by atoms with van der Waals surface area (Å²) in [6, 6.07) is 5.15.